The Bertz CT molecular complexity index is 298. The number of rotatable bonds is 12. The van der Waals surface area contributed by atoms with Crippen LogP contribution in [0.5, 0.6) is 0 Å². The molecule has 0 aromatic carbocycles. The molecule has 0 aliphatic rings. The summed E-state index contributed by atoms with van der Waals surface area (Å²) in [5, 5.41) is 0. The molecule has 5 nitrogen and oxygen atoms in total. The van der Waals surface area contributed by atoms with Crippen molar-refractivity contribution >= 4 is 10.4 Å². The quantitative estimate of drug-likeness (QED) is 0.243. The van der Waals surface area contributed by atoms with Crippen molar-refractivity contribution in [1.29, 1.82) is 0 Å². The van der Waals surface area contributed by atoms with Crippen LogP contribution in [-0.2, 0) is 14.6 Å². The maximum Gasteiger partial charge on any atom is 1.00 e. The van der Waals surface area contributed by atoms with E-state index in [1.807, 2.05) is 6.92 Å². The molecule has 0 aliphatic heterocycles. The molecular formula is C15H34NNaO4S. The molecule has 0 aliphatic carbocycles. The van der Waals surface area contributed by atoms with Crippen molar-refractivity contribution in [3.05, 3.63) is 0 Å². The van der Waals surface area contributed by atoms with E-state index in [0.717, 1.165) is 25.8 Å². The first-order chi connectivity index (χ1) is 9.91. The summed E-state index contributed by atoms with van der Waals surface area (Å²) >= 11 is 0. The smallest absolute Gasteiger partial charge is 0.726 e. The average molecular weight is 347 g/mol. The van der Waals surface area contributed by atoms with Gasteiger partial charge in [-0.3, -0.25) is 4.18 Å². The van der Waals surface area contributed by atoms with Crippen molar-refractivity contribution < 1.29 is 46.7 Å². The van der Waals surface area contributed by atoms with Crippen LogP contribution < -0.4 is 35.3 Å². The average Bonchev–Trinajstić information content (AvgIpc) is 2.44. The largest absolute Gasteiger partial charge is 1.00 e. The molecule has 2 N–H and O–H groups in total. The first-order valence-electron chi connectivity index (χ1n) is 8.25. The van der Waals surface area contributed by atoms with Crippen molar-refractivity contribution in [3.8, 4) is 0 Å². The molecule has 0 spiro atoms. The van der Waals surface area contributed by atoms with Gasteiger partial charge in [0.1, 0.15) is 0 Å². The summed E-state index contributed by atoms with van der Waals surface area (Å²) < 4.78 is 35.7. The molecule has 0 heterocycles. The van der Waals surface area contributed by atoms with E-state index < -0.39 is 16.5 Å². The second-order valence-electron chi connectivity index (χ2n) is 5.23. The minimum atomic E-state index is -4.54. The second-order valence-corrected chi connectivity index (χ2v) is 6.24. The van der Waals surface area contributed by atoms with Crippen LogP contribution in [0.1, 0.15) is 85.0 Å². The molecule has 0 aromatic heterocycles. The Balaban J connectivity index is -0.000000640. The Morgan fingerprint density at radius 3 is 1.77 bits per heavy atom. The van der Waals surface area contributed by atoms with E-state index in [9.17, 15) is 13.0 Å². The summed E-state index contributed by atoms with van der Waals surface area (Å²) in [6.45, 7) is 6.89. The van der Waals surface area contributed by atoms with Crippen LogP contribution in [0.15, 0.2) is 0 Å². The van der Waals surface area contributed by atoms with Gasteiger partial charge in [0, 0.05) is 0 Å². The molecular weight excluding hydrogens is 313 g/mol. The molecule has 7 heteroatoms. The van der Waals surface area contributed by atoms with Gasteiger partial charge in [-0.15, -0.1) is 0 Å². The third-order valence-electron chi connectivity index (χ3n) is 3.13. The van der Waals surface area contributed by atoms with Crippen LogP contribution in [0.3, 0.4) is 0 Å². The maximum atomic E-state index is 10.4. The minimum Gasteiger partial charge on any atom is -0.726 e. The van der Waals surface area contributed by atoms with E-state index in [2.05, 4.69) is 18.0 Å². The standard InChI is InChI=1S/C12H26O4S.C3H9N.Na/c1-3-5-6-7-8-9-10-11-12(4-2)16-17(13,14)15;1-2-3-4;/h12H,3-11H2,1-2H3,(H,13,14,15);2-4H2,1H3;/q;;+1/p-1. The van der Waals surface area contributed by atoms with Gasteiger partial charge in [-0.2, -0.15) is 0 Å². The Morgan fingerprint density at radius 1 is 0.955 bits per heavy atom. The van der Waals surface area contributed by atoms with Gasteiger partial charge in [0.2, 0.25) is 10.4 Å². The number of hydrogen-bond donors (Lipinski definition) is 1. The van der Waals surface area contributed by atoms with E-state index in [1.165, 1.54) is 32.1 Å². The monoisotopic (exact) mass is 347 g/mol. The normalized spacial score (nSPS) is 12.0. The van der Waals surface area contributed by atoms with Crippen molar-refractivity contribution in [2.75, 3.05) is 6.54 Å². The molecule has 1 atom stereocenters. The van der Waals surface area contributed by atoms with Gasteiger partial charge in [-0.05, 0) is 25.8 Å². The van der Waals surface area contributed by atoms with E-state index in [4.69, 9.17) is 5.73 Å². The molecule has 1 unspecified atom stereocenters. The first-order valence-corrected chi connectivity index (χ1v) is 9.58. The molecule has 0 saturated carbocycles. The summed E-state index contributed by atoms with van der Waals surface area (Å²) in [7, 11) is -4.54. The molecule has 22 heavy (non-hydrogen) atoms. The van der Waals surface area contributed by atoms with Crippen LogP contribution >= 0.6 is 0 Å². The molecule has 0 aromatic rings. The molecule has 0 rings (SSSR count). The first kappa shape index (κ1) is 27.7. The molecule has 0 amide bonds. The van der Waals surface area contributed by atoms with Crippen molar-refractivity contribution in [3.63, 3.8) is 0 Å². The fraction of sp³-hybridized carbons (Fsp3) is 1.00. The fourth-order valence-electron chi connectivity index (χ4n) is 1.82. The summed E-state index contributed by atoms with van der Waals surface area (Å²) in [5.41, 5.74) is 5.03. The Morgan fingerprint density at radius 2 is 1.41 bits per heavy atom. The number of unbranched alkanes of at least 4 members (excludes halogenated alkanes) is 6. The summed E-state index contributed by atoms with van der Waals surface area (Å²) in [6, 6.07) is 0. The molecule has 0 saturated heterocycles. The van der Waals surface area contributed by atoms with Crippen LogP contribution in [0.4, 0.5) is 0 Å². The second kappa shape index (κ2) is 19.9. The third kappa shape index (κ3) is 25.8. The van der Waals surface area contributed by atoms with Crippen molar-refractivity contribution in [2.24, 2.45) is 5.73 Å². The van der Waals surface area contributed by atoms with E-state index in [0.29, 0.717) is 12.8 Å². The Kier molecular flexibility index (Phi) is 25.0. The van der Waals surface area contributed by atoms with Gasteiger partial charge in [0.25, 0.3) is 0 Å². The zero-order chi connectivity index (χ0) is 16.6. The molecule has 0 bridgehead atoms. The predicted molar refractivity (Wildman–Crippen MR) is 86.8 cm³/mol. The number of nitrogens with two attached hydrogens (primary N) is 1. The Hall–Kier alpha value is 0.830. The Labute approximate surface area is 160 Å². The summed E-state index contributed by atoms with van der Waals surface area (Å²) in [4.78, 5) is 0. The van der Waals surface area contributed by atoms with Gasteiger partial charge in [0.05, 0.1) is 6.10 Å². The van der Waals surface area contributed by atoms with Crippen molar-refractivity contribution in [2.45, 2.75) is 91.1 Å². The van der Waals surface area contributed by atoms with Gasteiger partial charge in [-0.25, -0.2) is 8.42 Å². The van der Waals surface area contributed by atoms with E-state index >= 15 is 0 Å². The summed E-state index contributed by atoms with van der Waals surface area (Å²) in [6.07, 6.45) is 10.1. The third-order valence-corrected chi connectivity index (χ3v) is 3.64. The van der Waals surface area contributed by atoms with E-state index in [-0.39, 0.29) is 29.6 Å². The van der Waals surface area contributed by atoms with Crippen LogP contribution in [0.25, 0.3) is 0 Å². The van der Waals surface area contributed by atoms with Gasteiger partial charge >= 0.3 is 29.6 Å². The SMILES string of the molecule is CCCCCCCCCC(CC)OS(=O)(=O)[O-].CCCN.[Na+]. The van der Waals surface area contributed by atoms with Crippen LogP contribution in [0.2, 0.25) is 0 Å². The zero-order valence-corrected chi connectivity index (χ0v) is 17.8. The maximum absolute atomic E-state index is 10.4. The summed E-state index contributed by atoms with van der Waals surface area (Å²) in [5.74, 6) is 0. The van der Waals surface area contributed by atoms with Gasteiger partial charge in [-0.1, -0.05) is 65.7 Å². The van der Waals surface area contributed by atoms with Gasteiger partial charge < -0.3 is 10.3 Å². The topological polar surface area (TPSA) is 92.5 Å². The number of hydrogen-bond acceptors (Lipinski definition) is 5. The van der Waals surface area contributed by atoms with E-state index in [1.54, 1.807) is 0 Å². The molecule has 0 fully saturated rings. The molecule has 130 valence electrons. The van der Waals surface area contributed by atoms with Gasteiger partial charge in [0.15, 0.2) is 0 Å². The fourth-order valence-corrected chi connectivity index (χ4v) is 2.38. The minimum absolute atomic E-state index is 0. The zero-order valence-electron chi connectivity index (χ0n) is 15.0. The molecule has 0 radical (unpaired) electrons. The van der Waals surface area contributed by atoms with Crippen LogP contribution in [0, 0.1) is 0 Å². The van der Waals surface area contributed by atoms with Crippen molar-refractivity contribution in [1.82, 2.24) is 0 Å². The predicted octanol–water partition coefficient (Wildman–Crippen LogP) is 0.742. The van der Waals surface area contributed by atoms with Crippen LogP contribution in [-0.4, -0.2) is 25.6 Å².